The van der Waals surface area contributed by atoms with Gasteiger partial charge in [0.25, 0.3) is 0 Å². The number of nitrogen functional groups attached to an aromatic ring is 1. The molecule has 1 aromatic carbocycles. The minimum absolute atomic E-state index is 0.0262. The fourth-order valence-electron chi connectivity index (χ4n) is 1.43. The Hall–Kier alpha value is -1.12. The van der Waals surface area contributed by atoms with Crippen LogP contribution in [0.15, 0.2) is 27.6 Å². The molecule has 0 saturated heterocycles. The van der Waals surface area contributed by atoms with E-state index in [1.807, 2.05) is 0 Å². The first kappa shape index (κ1) is 15.9. The van der Waals surface area contributed by atoms with Crippen LogP contribution in [0, 0.1) is 0 Å². The van der Waals surface area contributed by atoms with Crippen LogP contribution in [-0.4, -0.2) is 38.9 Å². The second-order valence-electron chi connectivity index (χ2n) is 3.70. The molecule has 0 amide bonds. The predicted octanol–water partition coefficient (Wildman–Crippen LogP) is 1.21. The smallest absolute Gasteiger partial charge is 0.321 e. The van der Waals surface area contributed by atoms with Crippen LogP contribution >= 0.6 is 15.9 Å². The van der Waals surface area contributed by atoms with Gasteiger partial charge in [0.05, 0.1) is 12.0 Å². The SMILES string of the molecule is CCN(CC(=O)OC)S(=O)(=O)c1cc(N)ccc1Br. The Kier molecular flexibility index (Phi) is 5.33. The quantitative estimate of drug-likeness (QED) is 0.636. The molecule has 0 bridgehead atoms. The summed E-state index contributed by atoms with van der Waals surface area (Å²) < 4.78 is 30.7. The third-order valence-corrected chi connectivity index (χ3v) is 5.37. The standard InChI is InChI=1S/C11H15BrN2O4S/c1-3-14(7-11(15)18-2)19(16,17)10-6-8(13)4-5-9(10)12/h4-6H,3,7,13H2,1-2H3. The number of hydrogen-bond donors (Lipinski definition) is 1. The van der Waals surface area contributed by atoms with E-state index in [9.17, 15) is 13.2 Å². The van der Waals surface area contributed by atoms with Gasteiger partial charge in [-0.25, -0.2) is 8.42 Å². The number of hydrogen-bond acceptors (Lipinski definition) is 5. The van der Waals surface area contributed by atoms with Crippen LogP contribution in [0.5, 0.6) is 0 Å². The molecule has 0 fully saturated rings. The fourth-order valence-corrected chi connectivity index (χ4v) is 3.79. The maximum absolute atomic E-state index is 12.4. The molecule has 106 valence electrons. The topological polar surface area (TPSA) is 89.7 Å². The van der Waals surface area contributed by atoms with E-state index in [4.69, 9.17) is 5.73 Å². The van der Waals surface area contributed by atoms with Crippen molar-refractivity contribution in [3.63, 3.8) is 0 Å². The number of carbonyl (C=O) groups is 1. The van der Waals surface area contributed by atoms with Crippen LogP contribution in [0.2, 0.25) is 0 Å². The largest absolute Gasteiger partial charge is 0.468 e. The number of ether oxygens (including phenoxy) is 1. The minimum Gasteiger partial charge on any atom is -0.468 e. The number of likely N-dealkylation sites (N-methyl/N-ethyl adjacent to an activating group) is 1. The normalized spacial score (nSPS) is 11.6. The van der Waals surface area contributed by atoms with Gasteiger partial charge in [0.15, 0.2) is 0 Å². The molecule has 8 heteroatoms. The van der Waals surface area contributed by atoms with Gasteiger partial charge in [-0.1, -0.05) is 6.92 Å². The van der Waals surface area contributed by atoms with Crippen molar-refractivity contribution in [2.45, 2.75) is 11.8 Å². The van der Waals surface area contributed by atoms with Gasteiger partial charge in [-0.05, 0) is 34.1 Å². The molecule has 0 atom stereocenters. The van der Waals surface area contributed by atoms with Crippen LogP contribution in [0.3, 0.4) is 0 Å². The van der Waals surface area contributed by atoms with Crippen LogP contribution in [-0.2, 0) is 19.6 Å². The molecule has 0 unspecified atom stereocenters. The molecule has 6 nitrogen and oxygen atoms in total. The molecular formula is C11H15BrN2O4S. The number of rotatable bonds is 5. The van der Waals surface area contributed by atoms with Crippen molar-refractivity contribution in [3.8, 4) is 0 Å². The number of methoxy groups -OCH3 is 1. The number of nitrogens with zero attached hydrogens (tertiary/aromatic N) is 1. The third kappa shape index (κ3) is 3.68. The monoisotopic (exact) mass is 350 g/mol. The minimum atomic E-state index is -3.80. The number of esters is 1. The Bertz CT molecular complexity index is 574. The highest BCUT2D eigenvalue weighted by Gasteiger charge is 2.27. The summed E-state index contributed by atoms with van der Waals surface area (Å²) in [6, 6.07) is 4.48. The maximum Gasteiger partial charge on any atom is 0.321 e. The lowest BCUT2D eigenvalue weighted by Gasteiger charge is -2.20. The Labute approximate surface area is 120 Å². The Morgan fingerprint density at radius 2 is 2.11 bits per heavy atom. The van der Waals surface area contributed by atoms with Gasteiger partial charge in [0.1, 0.15) is 6.54 Å². The van der Waals surface area contributed by atoms with Crippen LogP contribution in [0.25, 0.3) is 0 Å². The third-order valence-electron chi connectivity index (χ3n) is 2.46. The molecule has 1 rings (SSSR count). The Morgan fingerprint density at radius 1 is 1.47 bits per heavy atom. The number of anilines is 1. The van der Waals surface area contributed by atoms with Crippen molar-refractivity contribution >= 4 is 37.6 Å². The van der Waals surface area contributed by atoms with Crippen molar-refractivity contribution in [1.82, 2.24) is 4.31 Å². The zero-order valence-corrected chi connectivity index (χ0v) is 13.0. The van der Waals surface area contributed by atoms with Crippen LogP contribution in [0.1, 0.15) is 6.92 Å². The fraction of sp³-hybridized carbons (Fsp3) is 0.364. The lowest BCUT2D eigenvalue weighted by molar-refractivity contribution is -0.140. The summed E-state index contributed by atoms with van der Waals surface area (Å²) in [6.07, 6.45) is 0. The first-order valence-electron chi connectivity index (χ1n) is 5.45. The molecule has 0 aliphatic heterocycles. The molecule has 0 spiro atoms. The van der Waals surface area contributed by atoms with Gasteiger partial charge >= 0.3 is 5.97 Å². The van der Waals surface area contributed by atoms with Gasteiger partial charge < -0.3 is 10.5 Å². The molecule has 2 N–H and O–H groups in total. The van der Waals surface area contributed by atoms with Crippen molar-refractivity contribution in [3.05, 3.63) is 22.7 Å². The summed E-state index contributed by atoms with van der Waals surface area (Å²) in [4.78, 5) is 11.3. The molecular weight excluding hydrogens is 336 g/mol. The van der Waals surface area contributed by atoms with E-state index in [-0.39, 0.29) is 18.0 Å². The molecule has 0 heterocycles. The van der Waals surface area contributed by atoms with Gasteiger partial charge in [0, 0.05) is 16.7 Å². The van der Waals surface area contributed by atoms with E-state index in [1.54, 1.807) is 19.1 Å². The zero-order valence-electron chi connectivity index (χ0n) is 10.6. The van der Waals surface area contributed by atoms with E-state index >= 15 is 0 Å². The summed E-state index contributed by atoms with van der Waals surface area (Å²) in [5, 5.41) is 0. The van der Waals surface area contributed by atoms with E-state index in [2.05, 4.69) is 20.7 Å². The Morgan fingerprint density at radius 3 is 2.63 bits per heavy atom. The van der Waals surface area contributed by atoms with Crippen molar-refractivity contribution in [2.75, 3.05) is 25.9 Å². The Balaban J connectivity index is 3.20. The molecule has 19 heavy (non-hydrogen) atoms. The molecule has 0 radical (unpaired) electrons. The van der Waals surface area contributed by atoms with Gasteiger partial charge in [-0.15, -0.1) is 0 Å². The second kappa shape index (κ2) is 6.36. The molecule has 0 aromatic heterocycles. The van der Waals surface area contributed by atoms with Crippen molar-refractivity contribution in [1.29, 1.82) is 0 Å². The summed E-state index contributed by atoms with van der Waals surface area (Å²) >= 11 is 3.17. The number of carbonyl (C=O) groups excluding carboxylic acids is 1. The first-order chi connectivity index (χ1) is 8.82. The highest BCUT2D eigenvalue weighted by Crippen LogP contribution is 2.27. The summed E-state index contributed by atoms with van der Waals surface area (Å²) in [5.74, 6) is -0.620. The van der Waals surface area contributed by atoms with E-state index < -0.39 is 16.0 Å². The number of sulfonamides is 1. The first-order valence-corrected chi connectivity index (χ1v) is 7.68. The molecule has 0 aliphatic carbocycles. The van der Waals surface area contributed by atoms with E-state index in [0.717, 1.165) is 4.31 Å². The van der Waals surface area contributed by atoms with E-state index in [1.165, 1.54) is 13.2 Å². The zero-order chi connectivity index (χ0) is 14.6. The average Bonchev–Trinajstić information content (AvgIpc) is 2.37. The van der Waals surface area contributed by atoms with Gasteiger partial charge in [-0.3, -0.25) is 4.79 Å². The second-order valence-corrected chi connectivity index (χ2v) is 6.46. The van der Waals surface area contributed by atoms with Crippen molar-refractivity contribution in [2.24, 2.45) is 0 Å². The highest BCUT2D eigenvalue weighted by atomic mass is 79.9. The van der Waals surface area contributed by atoms with Crippen LogP contribution in [0.4, 0.5) is 5.69 Å². The van der Waals surface area contributed by atoms with Crippen molar-refractivity contribution < 1.29 is 17.9 Å². The summed E-state index contributed by atoms with van der Waals surface area (Å²) in [5.41, 5.74) is 5.93. The summed E-state index contributed by atoms with van der Waals surface area (Å²) in [6.45, 7) is 1.45. The van der Waals surface area contributed by atoms with E-state index in [0.29, 0.717) is 10.2 Å². The van der Waals surface area contributed by atoms with Gasteiger partial charge in [0.2, 0.25) is 10.0 Å². The lowest BCUT2D eigenvalue weighted by atomic mass is 10.3. The van der Waals surface area contributed by atoms with Crippen LogP contribution < -0.4 is 5.73 Å². The van der Waals surface area contributed by atoms with Gasteiger partial charge in [-0.2, -0.15) is 4.31 Å². The molecule has 1 aromatic rings. The predicted molar refractivity (Wildman–Crippen MR) is 75.0 cm³/mol. The lowest BCUT2D eigenvalue weighted by Crippen LogP contribution is -2.36. The average molecular weight is 351 g/mol. The highest BCUT2D eigenvalue weighted by molar-refractivity contribution is 9.10. The maximum atomic E-state index is 12.4. The number of benzene rings is 1. The number of nitrogens with two attached hydrogens (primary N) is 1. The number of halogens is 1. The molecule has 0 saturated carbocycles. The molecule has 0 aliphatic rings. The summed E-state index contributed by atoms with van der Waals surface area (Å²) in [7, 11) is -2.60.